The van der Waals surface area contributed by atoms with Crippen LogP contribution in [0.15, 0.2) is 57.9 Å². The smallest absolute Gasteiger partial charge is 0.248 e. The van der Waals surface area contributed by atoms with Crippen molar-refractivity contribution in [1.29, 1.82) is 0 Å². The monoisotopic (exact) mass is 509 g/mol. The van der Waals surface area contributed by atoms with Crippen LogP contribution in [0.25, 0.3) is 12.2 Å². The summed E-state index contributed by atoms with van der Waals surface area (Å²) in [5.74, 6) is 0.660. The Balaban J connectivity index is 1.38. The highest BCUT2D eigenvalue weighted by Crippen LogP contribution is 2.29. The van der Waals surface area contributed by atoms with Crippen molar-refractivity contribution in [2.45, 2.75) is 38.1 Å². The van der Waals surface area contributed by atoms with E-state index in [0.717, 1.165) is 22.4 Å². The summed E-state index contributed by atoms with van der Waals surface area (Å²) >= 11 is 0. The van der Waals surface area contributed by atoms with Gasteiger partial charge in [0.2, 0.25) is 15.9 Å². The fourth-order valence-electron chi connectivity index (χ4n) is 4.21. The largest absolute Gasteiger partial charge is 0.497 e. The zero-order valence-corrected chi connectivity index (χ0v) is 21.5. The third-order valence-corrected chi connectivity index (χ3v) is 8.44. The summed E-state index contributed by atoms with van der Waals surface area (Å²) < 4.78 is 38.9. The molecule has 2 heterocycles. The molecule has 8 nitrogen and oxygen atoms in total. The number of piperidine rings is 1. The number of carbonyl (C=O) groups is 1. The van der Waals surface area contributed by atoms with Gasteiger partial charge in [0.1, 0.15) is 11.4 Å². The number of aryl methyl sites for hydroxylation is 2. The Bertz CT molecular complexity index is 1320. The summed E-state index contributed by atoms with van der Waals surface area (Å²) in [6.07, 6.45) is 4.34. The average Bonchev–Trinajstić information content (AvgIpc) is 3.28. The molecule has 0 atom stereocenters. The van der Waals surface area contributed by atoms with E-state index in [1.165, 1.54) is 4.31 Å². The van der Waals surface area contributed by atoms with Crippen molar-refractivity contribution in [2.75, 3.05) is 20.2 Å². The molecule has 190 valence electrons. The number of ether oxygens (including phenoxy) is 1. The third-order valence-electron chi connectivity index (χ3n) is 6.39. The fraction of sp³-hybridized carbons (Fsp3) is 0.333. The highest BCUT2D eigenvalue weighted by atomic mass is 32.2. The van der Waals surface area contributed by atoms with Gasteiger partial charge in [-0.05, 0) is 56.0 Å². The van der Waals surface area contributed by atoms with Crippen LogP contribution in [-0.4, -0.2) is 44.0 Å². The van der Waals surface area contributed by atoms with Crippen LogP contribution in [0.3, 0.4) is 0 Å². The van der Waals surface area contributed by atoms with Gasteiger partial charge in [0.15, 0.2) is 10.7 Å². The van der Waals surface area contributed by atoms with E-state index in [1.54, 1.807) is 26.2 Å². The molecule has 0 saturated carbocycles. The quantitative estimate of drug-likeness (QED) is 0.489. The highest BCUT2D eigenvalue weighted by molar-refractivity contribution is 7.89. The average molecular weight is 510 g/mol. The maximum Gasteiger partial charge on any atom is 0.248 e. The number of rotatable bonds is 8. The summed E-state index contributed by atoms with van der Waals surface area (Å²) in [5, 5.41) is 6.87. The van der Waals surface area contributed by atoms with Gasteiger partial charge in [-0.3, -0.25) is 4.79 Å². The van der Waals surface area contributed by atoms with Crippen LogP contribution in [0.1, 0.15) is 41.0 Å². The number of benzene rings is 2. The molecule has 0 radical (unpaired) electrons. The van der Waals surface area contributed by atoms with Crippen LogP contribution in [0.2, 0.25) is 0 Å². The predicted octanol–water partition coefficient (Wildman–Crippen LogP) is 4.19. The van der Waals surface area contributed by atoms with E-state index >= 15 is 0 Å². The number of carbonyl (C=O) groups excluding carboxylic acids is 1. The van der Waals surface area contributed by atoms with E-state index in [-0.39, 0.29) is 35.6 Å². The first-order chi connectivity index (χ1) is 17.3. The predicted molar refractivity (Wildman–Crippen MR) is 138 cm³/mol. The zero-order valence-electron chi connectivity index (χ0n) is 20.7. The first-order valence-corrected chi connectivity index (χ1v) is 13.3. The van der Waals surface area contributed by atoms with Crippen LogP contribution in [-0.2, 0) is 21.4 Å². The van der Waals surface area contributed by atoms with E-state index < -0.39 is 10.0 Å². The number of nitrogens with one attached hydrogen (secondary N) is 1. The molecule has 4 rings (SSSR count). The summed E-state index contributed by atoms with van der Waals surface area (Å²) in [4.78, 5) is 12.8. The fourth-order valence-corrected chi connectivity index (χ4v) is 5.93. The summed E-state index contributed by atoms with van der Waals surface area (Å²) in [6, 6.07) is 15.4. The minimum atomic E-state index is -3.82. The second kappa shape index (κ2) is 11.1. The van der Waals surface area contributed by atoms with E-state index in [1.807, 2.05) is 55.5 Å². The first kappa shape index (κ1) is 25.7. The second-order valence-electron chi connectivity index (χ2n) is 8.95. The number of amides is 1. The molecular weight excluding hydrogens is 478 g/mol. The van der Waals surface area contributed by atoms with Crippen LogP contribution in [0.4, 0.5) is 0 Å². The van der Waals surface area contributed by atoms with Crippen LogP contribution in [0.5, 0.6) is 5.75 Å². The lowest BCUT2D eigenvalue weighted by atomic mass is 9.97. The molecule has 1 N–H and O–H groups in total. The van der Waals surface area contributed by atoms with Gasteiger partial charge in [0, 0.05) is 25.6 Å². The normalized spacial score (nSPS) is 15.3. The maximum absolute atomic E-state index is 13.5. The number of hydrogen-bond acceptors (Lipinski definition) is 6. The van der Waals surface area contributed by atoms with E-state index in [2.05, 4.69) is 10.5 Å². The standard InChI is InChI=1S/C27H31N3O5S/c1-19-4-6-21(7-5-19)10-13-25-26(20(2)29-35-25)36(32,33)30-16-14-23(15-17-30)27(31)28-18-22-8-11-24(34-3)12-9-22/h4-13,23H,14-18H2,1-3H3,(H,28,31). The minimum absolute atomic E-state index is 0.0641. The Kier molecular flexibility index (Phi) is 7.91. The van der Waals surface area contributed by atoms with Gasteiger partial charge in [-0.1, -0.05) is 53.2 Å². The highest BCUT2D eigenvalue weighted by Gasteiger charge is 2.35. The van der Waals surface area contributed by atoms with Crippen LogP contribution in [0, 0.1) is 19.8 Å². The lowest BCUT2D eigenvalue weighted by Gasteiger charge is -2.30. The van der Waals surface area contributed by atoms with E-state index in [4.69, 9.17) is 9.26 Å². The molecule has 0 bridgehead atoms. The molecule has 1 fully saturated rings. The summed E-state index contributed by atoms with van der Waals surface area (Å²) in [5.41, 5.74) is 3.36. The van der Waals surface area contributed by atoms with Gasteiger partial charge in [0.25, 0.3) is 0 Å². The van der Waals surface area contributed by atoms with Crippen molar-refractivity contribution in [2.24, 2.45) is 5.92 Å². The van der Waals surface area contributed by atoms with Crippen LogP contribution < -0.4 is 10.1 Å². The number of aromatic nitrogens is 1. The molecule has 9 heteroatoms. The molecule has 36 heavy (non-hydrogen) atoms. The van der Waals surface area contributed by atoms with E-state index in [9.17, 15) is 13.2 Å². The number of methoxy groups -OCH3 is 1. The Morgan fingerprint density at radius 3 is 2.39 bits per heavy atom. The van der Waals surface area contributed by atoms with Crippen molar-refractivity contribution in [3.8, 4) is 5.75 Å². The van der Waals surface area contributed by atoms with Crippen molar-refractivity contribution in [3.63, 3.8) is 0 Å². The van der Waals surface area contributed by atoms with E-state index in [0.29, 0.717) is 25.1 Å². The minimum Gasteiger partial charge on any atom is -0.497 e. The summed E-state index contributed by atoms with van der Waals surface area (Å²) in [7, 11) is -2.21. The van der Waals surface area contributed by atoms with Gasteiger partial charge in [-0.15, -0.1) is 0 Å². The molecule has 2 aromatic carbocycles. The Labute approximate surface area is 212 Å². The number of sulfonamides is 1. The maximum atomic E-state index is 13.5. The number of hydrogen-bond donors (Lipinski definition) is 1. The Hall–Kier alpha value is -3.43. The second-order valence-corrected chi connectivity index (χ2v) is 10.8. The number of nitrogens with zero attached hydrogens (tertiary/aromatic N) is 2. The zero-order chi connectivity index (χ0) is 25.7. The van der Waals surface area contributed by atoms with Gasteiger partial charge >= 0.3 is 0 Å². The van der Waals surface area contributed by atoms with Gasteiger partial charge in [-0.25, -0.2) is 8.42 Å². The molecule has 1 amide bonds. The molecular formula is C27H31N3O5S. The van der Waals surface area contributed by atoms with Crippen LogP contribution >= 0.6 is 0 Å². The molecule has 3 aromatic rings. The Morgan fingerprint density at radius 2 is 1.75 bits per heavy atom. The molecule has 1 saturated heterocycles. The van der Waals surface area contributed by atoms with Crippen molar-refractivity contribution in [3.05, 3.63) is 76.7 Å². The lowest BCUT2D eigenvalue weighted by Crippen LogP contribution is -2.43. The molecule has 0 spiro atoms. The first-order valence-electron chi connectivity index (χ1n) is 11.9. The molecule has 1 aromatic heterocycles. The third kappa shape index (κ3) is 5.85. The SMILES string of the molecule is COc1ccc(CNC(=O)C2CCN(S(=O)(=O)c3c(C)noc3C=Cc3ccc(C)cc3)CC2)cc1. The van der Waals surface area contributed by atoms with Crippen molar-refractivity contribution >= 4 is 28.1 Å². The molecule has 0 aliphatic carbocycles. The summed E-state index contributed by atoms with van der Waals surface area (Å²) in [6.45, 7) is 4.56. The molecule has 0 unspecified atom stereocenters. The Morgan fingerprint density at radius 1 is 1.08 bits per heavy atom. The van der Waals surface area contributed by atoms with Gasteiger partial charge < -0.3 is 14.6 Å². The molecule has 1 aliphatic heterocycles. The topological polar surface area (TPSA) is 102 Å². The molecule has 1 aliphatic rings. The van der Waals surface area contributed by atoms with Crippen molar-refractivity contribution < 1.29 is 22.5 Å². The van der Waals surface area contributed by atoms with Gasteiger partial charge in [0.05, 0.1) is 7.11 Å². The van der Waals surface area contributed by atoms with Gasteiger partial charge in [-0.2, -0.15) is 4.31 Å². The lowest BCUT2D eigenvalue weighted by molar-refractivity contribution is -0.126. The van der Waals surface area contributed by atoms with Crippen molar-refractivity contribution in [1.82, 2.24) is 14.8 Å².